The van der Waals surface area contributed by atoms with Crippen molar-refractivity contribution < 1.29 is 9.53 Å². The molecule has 21 heavy (non-hydrogen) atoms. The summed E-state index contributed by atoms with van der Waals surface area (Å²) in [7, 11) is 0. The van der Waals surface area contributed by atoms with Crippen LogP contribution in [-0.2, 0) is 9.53 Å². The standard InChI is InChI=1S/C16H18N2O2S/c19-15(18-10-13-6-3-9-20-13)11-21-14-7-1-4-12-5-2-8-17-16(12)14/h1-2,4-5,7-8,13H,3,6,9-11H2,(H,18,19). The van der Waals surface area contributed by atoms with Gasteiger partial charge in [0.2, 0.25) is 5.91 Å². The maximum atomic E-state index is 11.9. The number of rotatable bonds is 5. The number of nitrogens with zero attached hydrogens (tertiary/aromatic N) is 1. The minimum atomic E-state index is 0.0448. The lowest BCUT2D eigenvalue weighted by molar-refractivity contribution is -0.119. The van der Waals surface area contributed by atoms with E-state index in [0.717, 1.165) is 35.2 Å². The van der Waals surface area contributed by atoms with Crippen molar-refractivity contribution in [2.45, 2.75) is 23.8 Å². The van der Waals surface area contributed by atoms with Gasteiger partial charge in [0.05, 0.1) is 17.4 Å². The Hall–Kier alpha value is -1.59. The number of hydrogen-bond acceptors (Lipinski definition) is 4. The van der Waals surface area contributed by atoms with Crippen LogP contribution in [0.2, 0.25) is 0 Å². The molecule has 0 spiro atoms. The predicted molar refractivity (Wildman–Crippen MR) is 84.5 cm³/mol. The van der Waals surface area contributed by atoms with Gasteiger partial charge >= 0.3 is 0 Å². The molecule has 4 nitrogen and oxygen atoms in total. The fraction of sp³-hybridized carbons (Fsp3) is 0.375. The highest BCUT2D eigenvalue weighted by atomic mass is 32.2. The molecule has 2 heterocycles. The van der Waals surface area contributed by atoms with E-state index in [4.69, 9.17) is 4.74 Å². The van der Waals surface area contributed by atoms with Gasteiger partial charge in [-0.1, -0.05) is 18.2 Å². The first-order valence-electron chi connectivity index (χ1n) is 7.18. The van der Waals surface area contributed by atoms with Crippen LogP contribution >= 0.6 is 11.8 Å². The van der Waals surface area contributed by atoms with Gasteiger partial charge in [-0.25, -0.2) is 0 Å². The Morgan fingerprint density at radius 2 is 2.29 bits per heavy atom. The summed E-state index contributed by atoms with van der Waals surface area (Å²) in [6.45, 7) is 1.43. The minimum absolute atomic E-state index is 0.0448. The van der Waals surface area contributed by atoms with Crippen LogP contribution in [0.15, 0.2) is 41.4 Å². The van der Waals surface area contributed by atoms with Gasteiger partial charge in [0.25, 0.3) is 0 Å². The van der Waals surface area contributed by atoms with E-state index in [1.807, 2.05) is 30.3 Å². The van der Waals surface area contributed by atoms with E-state index in [9.17, 15) is 4.79 Å². The second-order valence-electron chi connectivity index (χ2n) is 5.06. The molecule has 5 heteroatoms. The molecule has 1 fully saturated rings. The van der Waals surface area contributed by atoms with E-state index in [-0.39, 0.29) is 12.0 Å². The SMILES string of the molecule is O=C(CSc1cccc2cccnc12)NCC1CCCO1. The van der Waals surface area contributed by atoms with Crippen molar-refractivity contribution in [3.8, 4) is 0 Å². The smallest absolute Gasteiger partial charge is 0.230 e. The van der Waals surface area contributed by atoms with Crippen LogP contribution in [0, 0.1) is 0 Å². The molecule has 1 atom stereocenters. The molecule has 1 aromatic carbocycles. The second-order valence-corrected chi connectivity index (χ2v) is 6.08. The predicted octanol–water partition coefficient (Wildman–Crippen LogP) is 2.62. The number of carbonyl (C=O) groups excluding carboxylic acids is 1. The summed E-state index contributed by atoms with van der Waals surface area (Å²) in [4.78, 5) is 17.3. The lowest BCUT2D eigenvalue weighted by Gasteiger charge is -2.11. The Bertz CT molecular complexity index is 621. The van der Waals surface area contributed by atoms with E-state index < -0.39 is 0 Å². The summed E-state index contributed by atoms with van der Waals surface area (Å²) in [5.74, 6) is 0.450. The lowest BCUT2D eigenvalue weighted by Crippen LogP contribution is -2.32. The zero-order chi connectivity index (χ0) is 14.5. The number of pyridine rings is 1. The van der Waals surface area contributed by atoms with E-state index in [1.165, 1.54) is 11.8 Å². The van der Waals surface area contributed by atoms with Crippen LogP contribution in [-0.4, -0.2) is 35.9 Å². The first-order valence-corrected chi connectivity index (χ1v) is 8.16. The molecule has 1 saturated heterocycles. The molecule has 3 rings (SSSR count). The van der Waals surface area contributed by atoms with Crippen molar-refractivity contribution in [3.05, 3.63) is 36.5 Å². The number of thioether (sulfide) groups is 1. The first-order chi connectivity index (χ1) is 10.3. The highest BCUT2D eigenvalue weighted by Gasteiger charge is 2.16. The summed E-state index contributed by atoms with van der Waals surface area (Å²) < 4.78 is 5.49. The van der Waals surface area contributed by atoms with Gasteiger partial charge in [-0.3, -0.25) is 9.78 Å². The molecule has 1 N–H and O–H groups in total. The molecule has 2 aromatic rings. The maximum absolute atomic E-state index is 11.9. The average molecular weight is 302 g/mol. The number of fused-ring (bicyclic) bond motifs is 1. The molecule has 1 aromatic heterocycles. The summed E-state index contributed by atoms with van der Waals surface area (Å²) in [5.41, 5.74) is 0.955. The van der Waals surface area contributed by atoms with E-state index in [0.29, 0.717) is 12.3 Å². The quantitative estimate of drug-likeness (QED) is 0.863. The van der Waals surface area contributed by atoms with Crippen LogP contribution in [0.4, 0.5) is 0 Å². The molecule has 110 valence electrons. The minimum Gasteiger partial charge on any atom is -0.376 e. The van der Waals surface area contributed by atoms with Crippen LogP contribution in [0.25, 0.3) is 10.9 Å². The fourth-order valence-corrected chi connectivity index (χ4v) is 3.29. The zero-order valence-electron chi connectivity index (χ0n) is 11.7. The normalized spacial score (nSPS) is 18.0. The summed E-state index contributed by atoms with van der Waals surface area (Å²) in [6, 6.07) is 9.99. The first kappa shape index (κ1) is 14.4. The van der Waals surface area contributed by atoms with Crippen molar-refractivity contribution in [2.75, 3.05) is 18.9 Å². The number of aromatic nitrogens is 1. The monoisotopic (exact) mass is 302 g/mol. The molecule has 0 bridgehead atoms. The largest absolute Gasteiger partial charge is 0.376 e. The van der Waals surface area contributed by atoms with Gasteiger partial charge in [0, 0.05) is 29.6 Å². The van der Waals surface area contributed by atoms with Crippen molar-refractivity contribution in [1.29, 1.82) is 0 Å². The van der Waals surface area contributed by atoms with Crippen LogP contribution in [0.1, 0.15) is 12.8 Å². The second kappa shape index (κ2) is 6.91. The third-order valence-electron chi connectivity index (χ3n) is 3.51. The zero-order valence-corrected chi connectivity index (χ0v) is 12.6. The number of ether oxygens (including phenoxy) is 1. The number of amides is 1. The van der Waals surface area contributed by atoms with Crippen LogP contribution < -0.4 is 5.32 Å². The maximum Gasteiger partial charge on any atom is 0.230 e. The van der Waals surface area contributed by atoms with Gasteiger partial charge in [-0.2, -0.15) is 0 Å². The Kier molecular flexibility index (Phi) is 4.72. The number of nitrogens with one attached hydrogen (secondary N) is 1. The molecule has 0 aliphatic carbocycles. The number of hydrogen-bond donors (Lipinski definition) is 1. The fourth-order valence-electron chi connectivity index (χ4n) is 2.42. The van der Waals surface area contributed by atoms with Gasteiger partial charge < -0.3 is 10.1 Å². The Morgan fingerprint density at radius 3 is 3.14 bits per heavy atom. The molecular weight excluding hydrogens is 284 g/mol. The Labute approximate surface area is 128 Å². The van der Waals surface area contributed by atoms with Crippen LogP contribution in [0.3, 0.4) is 0 Å². The average Bonchev–Trinajstić information content (AvgIpc) is 3.04. The van der Waals surface area contributed by atoms with Gasteiger partial charge in [0.15, 0.2) is 0 Å². The Morgan fingerprint density at radius 1 is 1.38 bits per heavy atom. The molecule has 1 aliphatic heterocycles. The van der Waals surface area contributed by atoms with E-state index in [2.05, 4.69) is 10.3 Å². The third-order valence-corrected chi connectivity index (χ3v) is 4.55. The van der Waals surface area contributed by atoms with Gasteiger partial charge in [-0.05, 0) is 25.0 Å². The summed E-state index contributed by atoms with van der Waals surface area (Å²) in [5, 5.41) is 4.04. The number of carbonyl (C=O) groups is 1. The van der Waals surface area contributed by atoms with Crippen molar-refractivity contribution >= 4 is 28.6 Å². The molecular formula is C16H18N2O2S. The van der Waals surface area contributed by atoms with Crippen molar-refractivity contribution in [1.82, 2.24) is 10.3 Å². The Balaban J connectivity index is 1.54. The third kappa shape index (κ3) is 3.74. The number of benzene rings is 1. The van der Waals surface area contributed by atoms with E-state index in [1.54, 1.807) is 6.20 Å². The summed E-state index contributed by atoms with van der Waals surface area (Å²) >= 11 is 1.53. The lowest BCUT2D eigenvalue weighted by atomic mass is 10.2. The van der Waals surface area contributed by atoms with Crippen molar-refractivity contribution in [2.24, 2.45) is 0 Å². The number of para-hydroxylation sites is 1. The highest BCUT2D eigenvalue weighted by Crippen LogP contribution is 2.25. The topological polar surface area (TPSA) is 51.2 Å². The highest BCUT2D eigenvalue weighted by molar-refractivity contribution is 8.00. The summed E-state index contributed by atoms with van der Waals surface area (Å²) in [6.07, 6.45) is 4.11. The van der Waals surface area contributed by atoms with Gasteiger partial charge in [0.1, 0.15) is 0 Å². The van der Waals surface area contributed by atoms with E-state index >= 15 is 0 Å². The van der Waals surface area contributed by atoms with Gasteiger partial charge in [-0.15, -0.1) is 11.8 Å². The molecule has 0 saturated carbocycles. The molecule has 0 radical (unpaired) electrons. The molecule has 1 aliphatic rings. The van der Waals surface area contributed by atoms with Crippen LogP contribution in [0.5, 0.6) is 0 Å². The molecule has 1 amide bonds. The van der Waals surface area contributed by atoms with Crippen molar-refractivity contribution in [3.63, 3.8) is 0 Å². The molecule has 1 unspecified atom stereocenters.